The number of anilines is 1. The number of rotatable bonds is 5. The second kappa shape index (κ2) is 8.73. The highest BCUT2D eigenvalue weighted by Crippen LogP contribution is 2.22. The first-order valence-corrected chi connectivity index (χ1v) is 10.5. The Morgan fingerprint density at radius 3 is 2.45 bits per heavy atom. The summed E-state index contributed by atoms with van der Waals surface area (Å²) in [5.74, 6) is -0.255. The lowest BCUT2D eigenvalue weighted by atomic mass is 10.1. The summed E-state index contributed by atoms with van der Waals surface area (Å²) in [5.41, 5.74) is 4.56. The van der Waals surface area contributed by atoms with Gasteiger partial charge in [0.05, 0.1) is 16.6 Å². The number of amides is 1. The maximum atomic E-state index is 12.6. The lowest BCUT2D eigenvalue weighted by molar-refractivity contribution is -0.123. The molecule has 1 heterocycles. The topological polar surface area (TPSA) is 84.1 Å². The van der Waals surface area contributed by atoms with Crippen LogP contribution in [0.25, 0.3) is 22.4 Å². The SMILES string of the molecule is Cc1ccc(-c2nc3ccc(C(=O)OC(C)C(=O)Nc4ccc(Br)cc4)cc3[nH]2)cc1. The number of halogens is 1. The van der Waals surface area contributed by atoms with E-state index >= 15 is 0 Å². The molecule has 1 aromatic heterocycles. The molecule has 0 aliphatic carbocycles. The minimum atomic E-state index is -0.947. The molecule has 7 heteroatoms. The van der Waals surface area contributed by atoms with Crippen molar-refractivity contribution in [1.82, 2.24) is 9.97 Å². The van der Waals surface area contributed by atoms with Crippen molar-refractivity contribution in [1.29, 1.82) is 0 Å². The van der Waals surface area contributed by atoms with Gasteiger partial charge in [-0.05, 0) is 56.3 Å². The van der Waals surface area contributed by atoms with E-state index in [1.165, 1.54) is 12.5 Å². The van der Waals surface area contributed by atoms with Crippen molar-refractivity contribution >= 4 is 44.5 Å². The zero-order valence-electron chi connectivity index (χ0n) is 17.0. The van der Waals surface area contributed by atoms with Crippen molar-refractivity contribution < 1.29 is 14.3 Å². The molecule has 0 radical (unpaired) electrons. The fraction of sp³-hybridized carbons (Fsp3) is 0.125. The third-order valence-corrected chi connectivity index (χ3v) is 5.34. The summed E-state index contributed by atoms with van der Waals surface area (Å²) in [6.07, 6.45) is -0.947. The van der Waals surface area contributed by atoms with E-state index in [4.69, 9.17) is 4.74 Å². The molecule has 3 aromatic carbocycles. The molecule has 31 heavy (non-hydrogen) atoms. The van der Waals surface area contributed by atoms with Gasteiger partial charge in [-0.2, -0.15) is 0 Å². The van der Waals surface area contributed by atoms with Crippen LogP contribution in [0.15, 0.2) is 71.2 Å². The van der Waals surface area contributed by atoms with Crippen LogP contribution in [0.5, 0.6) is 0 Å². The van der Waals surface area contributed by atoms with E-state index in [0.29, 0.717) is 11.3 Å². The number of aryl methyl sites for hydroxylation is 1. The summed E-state index contributed by atoms with van der Waals surface area (Å²) in [4.78, 5) is 32.7. The molecule has 0 bridgehead atoms. The number of esters is 1. The first-order valence-electron chi connectivity index (χ1n) is 9.73. The van der Waals surface area contributed by atoms with Crippen LogP contribution in [0.3, 0.4) is 0 Å². The number of imidazole rings is 1. The van der Waals surface area contributed by atoms with Crippen molar-refractivity contribution in [3.05, 3.63) is 82.3 Å². The maximum Gasteiger partial charge on any atom is 0.338 e. The maximum absolute atomic E-state index is 12.6. The van der Waals surface area contributed by atoms with Crippen LogP contribution < -0.4 is 5.32 Å². The number of benzene rings is 3. The van der Waals surface area contributed by atoms with Gasteiger partial charge in [-0.3, -0.25) is 4.79 Å². The van der Waals surface area contributed by atoms with Gasteiger partial charge in [0.2, 0.25) is 0 Å². The molecular formula is C24H20BrN3O3. The summed E-state index contributed by atoms with van der Waals surface area (Å²) >= 11 is 3.34. The molecule has 4 rings (SSSR count). The van der Waals surface area contributed by atoms with Crippen LogP contribution >= 0.6 is 15.9 Å². The first-order chi connectivity index (χ1) is 14.9. The van der Waals surface area contributed by atoms with Crippen molar-refractivity contribution in [2.45, 2.75) is 20.0 Å². The number of nitrogens with one attached hydrogen (secondary N) is 2. The predicted molar refractivity (Wildman–Crippen MR) is 124 cm³/mol. The summed E-state index contributed by atoms with van der Waals surface area (Å²) in [6, 6.07) is 20.3. The Morgan fingerprint density at radius 1 is 1.03 bits per heavy atom. The van der Waals surface area contributed by atoms with Crippen molar-refractivity contribution in [2.24, 2.45) is 0 Å². The quantitative estimate of drug-likeness (QED) is 0.372. The molecular weight excluding hydrogens is 458 g/mol. The molecule has 0 aliphatic heterocycles. The number of aromatic nitrogens is 2. The molecule has 1 amide bonds. The number of nitrogens with zero attached hydrogens (tertiary/aromatic N) is 1. The van der Waals surface area contributed by atoms with E-state index in [-0.39, 0.29) is 0 Å². The Labute approximate surface area is 187 Å². The van der Waals surface area contributed by atoms with Gasteiger partial charge in [0.25, 0.3) is 5.91 Å². The average Bonchev–Trinajstić information content (AvgIpc) is 3.19. The number of carbonyl (C=O) groups is 2. The van der Waals surface area contributed by atoms with Crippen molar-refractivity contribution in [3.8, 4) is 11.4 Å². The smallest absolute Gasteiger partial charge is 0.338 e. The molecule has 6 nitrogen and oxygen atoms in total. The molecule has 0 aliphatic rings. The van der Waals surface area contributed by atoms with Gasteiger partial charge >= 0.3 is 5.97 Å². The molecule has 0 saturated heterocycles. The van der Waals surface area contributed by atoms with Crippen LogP contribution in [-0.4, -0.2) is 27.9 Å². The zero-order valence-corrected chi connectivity index (χ0v) is 18.6. The van der Waals surface area contributed by atoms with Gasteiger partial charge in [0.15, 0.2) is 6.10 Å². The van der Waals surface area contributed by atoms with E-state index in [0.717, 1.165) is 26.9 Å². The highest BCUT2D eigenvalue weighted by atomic mass is 79.9. The number of hydrogen-bond donors (Lipinski definition) is 2. The molecule has 2 N–H and O–H groups in total. The lowest BCUT2D eigenvalue weighted by Crippen LogP contribution is -2.30. The van der Waals surface area contributed by atoms with Gasteiger partial charge in [-0.25, -0.2) is 9.78 Å². The van der Waals surface area contributed by atoms with Crippen LogP contribution in [0.2, 0.25) is 0 Å². The molecule has 4 aromatic rings. The summed E-state index contributed by atoms with van der Waals surface area (Å²) < 4.78 is 6.26. The van der Waals surface area contributed by atoms with E-state index < -0.39 is 18.0 Å². The Morgan fingerprint density at radius 2 is 1.74 bits per heavy atom. The number of carbonyl (C=O) groups excluding carboxylic acids is 2. The lowest BCUT2D eigenvalue weighted by Gasteiger charge is -2.13. The fourth-order valence-electron chi connectivity index (χ4n) is 3.04. The summed E-state index contributed by atoms with van der Waals surface area (Å²) in [7, 11) is 0. The monoisotopic (exact) mass is 477 g/mol. The predicted octanol–water partition coefficient (Wildman–Crippen LogP) is 5.48. The molecule has 0 fully saturated rings. The largest absolute Gasteiger partial charge is 0.449 e. The Hall–Kier alpha value is -3.45. The van der Waals surface area contributed by atoms with Crippen LogP contribution in [0, 0.1) is 6.92 Å². The molecule has 0 spiro atoms. The Kier molecular flexibility index (Phi) is 5.86. The highest BCUT2D eigenvalue weighted by Gasteiger charge is 2.20. The van der Waals surface area contributed by atoms with E-state index in [1.807, 2.05) is 43.3 Å². The Bertz CT molecular complexity index is 1250. The summed E-state index contributed by atoms with van der Waals surface area (Å²) in [5, 5.41) is 2.73. The van der Waals surface area contributed by atoms with E-state index in [1.54, 1.807) is 30.3 Å². The van der Waals surface area contributed by atoms with E-state index in [9.17, 15) is 9.59 Å². The molecule has 0 saturated carbocycles. The normalized spacial score (nSPS) is 11.8. The van der Waals surface area contributed by atoms with Gasteiger partial charge in [-0.15, -0.1) is 0 Å². The number of ether oxygens (including phenoxy) is 1. The van der Waals surface area contributed by atoms with E-state index in [2.05, 4.69) is 31.2 Å². The Balaban J connectivity index is 1.46. The second-order valence-electron chi connectivity index (χ2n) is 7.23. The van der Waals surface area contributed by atoms with Crippen molar-refractivity contribution in [3.63, 3.8) is 0 Å². The van der Waals surface area contributed by atoms with Crippen molar-refractivity contribution in [2.75, 3.05) is 5.32 Å². The molecule has 1 atom stereocenters. The van der Waals surface area contributed by atoms with Gasteiger partial charge < -0.3 is 15.0 Å². The highest BCUT2D eigenvalue weighted by molar-refractivity contribution is 9.10. The number of H-pyrrole nitrogens is 1. The van der Waals surface area contributed by atoms with Gasteiger partial charge in [-0.1, -0.05) is 45.8 Å². The summed E-state index contributed by atoms with van der Waals surface area (Å²) in [6.45, 7) is 3.57. The zero-order chi connectivity index (χ0) is 22.0. The van der Waals surface area contributed by atoms with Gasteiger partial charge in [0.1, 0.15) is 5.82 Å². The number of hydrogen-bond acceptors (Lipinski definition) is 4. The standard InChI is InChI=1S/C24H20BrN3O3/c1-14-3-5-16(6-4-14)22-27-20-12-7-17(13-21(20)28-22)24(30)31-15(2)23(29)26-19-10-8-18(25)9-11-19/h3-13,15H,1-2H3,(H,26,29)(H,27,28). The first kappa shape index (κ1) is 20.8. The number of aromatic amines is 1. The van der Waals surface area contributed by atoms with Gasteiger partial charge in [0, 0.05) is 15.7 Å². The average molecular weight is 478 g/mol. The minimum absolute atomic E-state index is 0.342. The third-order valence-electron chi connectivity index (χ3n) is 4.81. The van der Waals surface area contributed by atoms with Crippen LogP contribution in [-0.2, 0) is 9.53 Å². The third kappa shape index (κ3) is 4.83. The fourth-order valence-corrected chi connectivity index (χ4v) is 3.31. The second-order valence-corrected chi connectivity index (χ2v) is 8.14. The van der Waals surface area contributed by atoms with Crippen LogP contribution in [0.1, 0.15) is 22.8 Å². The molecule has 156 valence electrons. The number of fused-ring (bicyclic) bond motifs is 1. The molecule has 1 unspecified atom stereocenters. The van der Waals surface area contributed by atoms with Crippen LogP contribution in [0.4, 0.5) is 5.69 Å². The minimum Gasteiger partial charge on any atom is -0.449 e.